The number of fused-ring (bicyclic) bond motifs is 1. The van der Waals surface area contributed by atoms with Crippen LogP contribution in [0.25, 0.3) is 0 Å². The molecular formula is C20H24ClN3O3S. The monoisotopic (exact) mass is 421 g/mol. The van der Waals surface area contributed by atoms with Crippen molar-refractivity contribution < 1.29 is 13.5 Å². The van der Waals surface area contributed by atoms with Gasteiger partial charge in [-0.25, -0.2) is 4.21 Å². The van der Waals surface area contributed by atoms with Crippen molar-refractivity contribution in [2.45, 2.75) is 18.2 Å². The number of rotatable bonds is 5. The summed E-state index contributed by atoms with van der Waals surface area (Å²) < 4.78 is 26.7. The molecule has 0 aromatic heterocycles. The van der Waals surface area contributed by atoms with Gasteiger partial charge < -0.3 is 24.8 Å². The Labute approximate surface area is 172 Å². The first kappa shape index (κ1) is 19.5. The van der Waals surface area contributed by atoms with E-state index in [4.69, 9.17) is 16.3 Å². The summed E-state index contributed by atoms with van der Waals surface area (Å²) in [5.74, 6) is 0.925. The quantitative estimate of drug-likeness (QED) is 0.642. The highest BCUT2D eigenvalue weighted by Crippen LogP contribution is 2.37. The van der Waals surface area contributed by atoms with Gasteiger partial charge >= 0.3 is 0 Å². The molecule has 1 fully saturated rings. The maximum atomic E-state index is 11.5. The summed E-state index contributed by atoms with van der Waals surface area (Å²) in [4.78, 5) is 2.33. The fraction of sp³-hybridized carbons (Fsp3) is 0.400. The van der Waals surface area contributed by atoms with E-state index >= 15 is 0 Å². The lowest BCUT2D eigenvalue weighted by atomic mass is 9.99. The second kappa shape index (κ2) is 8.69. The van der Waals surface area contributed by atoms with Crippen molar-refractivity contribution in [3.05, 3.63) is 52.5 Å². The highest BCUT2D eigenvalue weighted by Gasteiger charge is 2.23. The largest absolute Gasteiger partial charge is 0.493 e. The summed E-state index contributed by atoms with van der Waals surface area (Å²) in [5.41, 5.74) is 3.85. The minimum atomic E-state index is -1.90. The molecule has 0 radical (unpaired) electrons. The highest BCUT2D eigenvalue weighted by atomic mass is 35.5. The van der Waals surface area contributed by atoms with Gasteiger partial charge in [0.05, 0.1) is 18.4 Å². The average molecular weight is 422 g/mol. The summed E-state index contributed by atoms with van der Waals surface area (Å²) >= 11 is 4.30. The van der Waals surface area contributed by atoms with Gasteiger partial charge in [-0.05, 0) is 35.9 Å². The van der Waals surface area contributed by atoms with Crippen LogP contribution in [0.4, 0.5) is 11.4 Å². The van der Waals surface area contributed by atoms with Gasteiger partial charge in [0.25, 0.3) is 0 Å². The molecule has 0 aliphatic carbocycles. The molecule has 2 aliphatic rings. The number of piperazine rings is 1. The Bertz CT molecular complexity index is 874. The van der Waals surface area contributed by atoms with Crippen molar-refractivity contribution in [3.8, 4) is 5.75 Å². The predicted molar refractivity (Wildman–Crippen MR) is 114 cm³/mol. The topological polar surface area (TPSA) is 73.8 Å². The Hall–Kier alpha value is -1.80. The number of benzene rings is 2. The first-order valence-corrected chi connectivity index (χ1v) is 11.1. The van der Waals surface area contributed by atoms with Crippen molar-refractivity contribution in [2.24, 2.45) is 0 Å². The first-order valence-electron chi connectivity index (χ1n) is 9.45. The van der Waals surface area contributed by atoms with Gasteiger partial charge in [0.15, 0.2) is 11.1 Å². The van der Waals surface area contributed by atoms with E-state index in [1.165, 1.54) is 0 Å². The molecule has 2 heterocycles. The number of ether oxygens (including phenoxy) is 1. The van der Waals surface area contributed by atoms with Gasteiger partial charge in [-0.1, -0.05) is 17.7 Å². The van der Waals surface area contributed by atoms with Crippen LogP contribution in [0.5, 0.6) is 5.75 Å². The third-order valence-corrected chi connectivity index (χ3v) is 5.99. The van der Waals surface area contributed by atoms with Crippen LogP contribution in [0.15, 0.2) is 36.4 Å². The zero-order valence-corrected chi connectivity index (χ0v) is 17.1. The molecule has 6 nitrogen and oxygen atoms in total. The van der Waals surface area contributed by atoms with E-state index in [2.05, 4.69) is 21.6 Å². The van der Waals surface area contributed by atoms with Crippen LogP contribution in [0, 0.1) is 0 Å². The minimum absolute atomic E-state index is 0.0339. The molecule has 2 aliphatic heterocycles. The molecule has 28 heavy (non-hydrogen) atoms. The smallest absolute Gasteiger partial charge is 0.157 e. The molecular weight excluding hydrogens is 398 g/mol. The zero-order valence-electron chi connectivity index (χ0n) is 15.5. The lowest BCUT2D eigenvalue weighted by Crippen LogP contribution is -2.43. The number of anilines is 2. The third-order valence-electron chi connectivity index (χ3n) is 5.20. The van der Waals surface area contributed by atoms with Crippen LogP contribution in [-0.4, -0.2) is 41.5 Å². The van der Waals surface area contributed by atoms with Crippen molar-refractivity contribution in [1.82, 2.24) is 5.32 Å². The molecule has 150 valence electrons. The van der Waals surface area contributed by atoms with Crippen LogP contribution >= 0.6 is 11.6 Å². The first-order chi connectivity index (χ1) is 13.6. The van der Waals surface area contributed by atoms with E-state index in [9.17, 15) is 8.76 Å². The molecule has 0 bridgehead atoms. The zero-order chi connectivity index (χ0) is 19.5. The van der Waals surface area contributed by atoms with Gasteiger partial charge in [0.1, 0.15) is 5.75 Å². The fourth-order valence-corrected chi connectivity index (χ4v) is 4.48. The van der Waals surface area contributed by atoms with E-state index in [1.54, 1.807) is 0 Å². The van der Waals surface area contributed by atoms with E-state index in [-0.39, 0.29) is 11.8 Å². The minimum Gasteiger partial charge on any atom is -0.493 e. The van der Waals surface area contributed by atoms with E-state index in [0.717, 1.165) is 60.9 Å². The normalized spacial score (nSPS) is 20.2. The molecule has 4 rings (SSSR count). The predicted octanol–water partition coefficient (Wildman–Crippen LogP) is 3.41. The number of nitrogens with zero attached hydrogens (tertiary/aromatic N) is 1. The number of nitrogens with one attached hydrogen (secondary N) is 2. The molecule has 1 saturated heterocycles. The van der Waals surface area contributed by atoms with Crippen LogP contribution in [-0.2, 0) is 16.8 Å². The maximum absolute atomic E-state index is 11.5. The SMILES string of the molecule is O=S(O)Cc1ccc(N2CCNCC2)cc1NC1CCOc2ccc(Cl)cc21. The second-order valence-corrected chi connectivity index (χ2v) is 8.43. The van der Waals surface area contributed by atoms with Gasteiger partial charge in [0.2, 0.25) is 0 Å². The van der Waals surface area contributed by atoms with Crippen molar-refractivity contribution in [2.75, 3.05) is 43.0 Å². The summed E-state index contributed by atoms with van der Waals surface area (Å²) in [7, 11) is 0. The number of hydrogen-bond donors (Lipinski definition) is 3. The lowest BCUT2D eigenvalue weighted by molar-refractivity contribution is 0.274. The van der Waals surface area contributed by atoms with Crippen molar-refractivity contribution >= 4 is 34.1 Å². The van der Waals surface area contributed by atoms with Gasteiger partial charge in [-0.2, -0.15) is 0 Å². The van der Waals surface area contributed by atoms with Crippen LogP contribution < -0.4 is 20.3 Å². The maximum Gasteiger partial charge on any atom is 0.157 e. The summed E-state index contributed by atoms with van der Waals surface area (Å²) in [6.07, 6.45) is 0.798. The van der Waals surface area contributed by atoms with Crippen LogP contribution in [0.3, 0.4) is 0 Å². The van der Waals surface area contributed by atoms with Gasteiger partial charge in [-0.3, -0.25) is 0 Å². The molecule has 0 amide bonds. The Morgan fingerprint density at radius 2 is 2.07 bits per heavy atom. The van der Waals surface area contributed by atoms with Crippen molar-refractivity contribution in [3.63, 3.8) is 0 Å². The molecule has 2 unspecified atom stereocenters. The Balaban J connectivity index is 1.65. The molecule has 8 heteroatoms. The summed E-state index contributed by atoms with van der Waals surface area (Å²) in [6.45, 7) is 4.42. The van der Waals surface area contributed by atoms with Crippen LogP contribution in [0.1, 0.15) is 23.6 Å². The molecule has 3 N–H and O–H groups in total. The Morgan fingerprint density at radius 1 is 1.25 bits per heavy atom. The van der Waals surface area contributed by atoms with Crippen molar-refractivity contribution in [1.29, 1.82) is 0 Å². The third kappa shape index (κ3) is 4.43. The molecule has 2 aromatic carbocycles. The molecule has 2 aromatic rings. The molecule has 2 atom stereocenters. The van der Waals surface area contributed by atoms with E-state index in [0.29, 0.717) is 11.6 Å². The lowest BCUT2D eigenvalue weighted by Gasteiger charge is -2.31. The summed E-state index contributed by atoms with van der Waals surface area (Å²) in [6, 6.07) is 11.8. The average Bonchev–Trinajstić information content (AvgIpc) is 2.70. The Kier molecular flexibility index (Phi) is 6.06. The standard InChI is InChI=1S/C20H24ClN3O3S/c21-15-2-4-20-17(11-15)18(5-10-27-20)23-19-12-16(24-8-6-22-7-9-24)3-1-14(19)13-28(25)26/h1-4,11-12,18,22-23H,5-10,13H2,(H,25,26). The summed E-state index contributed by atoms with van der Waals surface area (Å²) in [5, 5.41) is 7.62. The highest BCUT2D eigenvalue weighted by molar-refractivity contribution is 7.78. The van der Waals surface area contributed by atoms with E-state index in [1.807, 2.05) is 30.3 Å². The van der Waals surface area contributed by atoms with Gasteiger partial charge in [0, 0.05) is 54.6 Å². The van der Waals surface area contributed by atoms with Gasteiger partial charge in [-0.15, -0.1) is 0 Å². The Morgan fingerprint density at radius 3 is 2.86 bits per heavy atom. The fourth-order valence-electron chi connectivity index (χ4n) is 3.78. The number of halogens is 1. The second-order valence-electron chi connectivity index (χ2n) is 7.06. The molecule has 0 spiro atoms. The van der Waals surface area contributed by atoms with E-state index < -0.39 is 11.1 Å². The molecule has 0 saturated carbocycles. The van der Waals surface area contributed by atoms with Crippen LogP contribution in [0.2, 0.25) is 5.02 Å². The number of hydrogen-bond acceptors (Lipinski definition) is 5.